The number of hydrogen-bond acceptors (Lipinski definition) is 7. The minimum absolute atomic E-state index is 0.0564. The van der Waals surface area contributed by atoms with Crippen LogP contribution in [0.3, 0.4) is 0 Å². The van der Waals surface area contributed by atoms with Gasteiger partial charge in [0.1, 0.15) is 34.1 Å². The van der Waals surface area contributed by atoms with Gasteiger partial charge in [0.25, 0.3) is 0 Å². The van der Waals surface area contributed by atoms with Gasteiger partial charge in [-0.05, 0) is 80.9 Å². The summed E-state index contributed by atoms with van der Waals surface area (Å²) in [5.74, 6) is 1.80. The molecule has 5 aromatic rings. The molecule has 0 bridgehead atoms. The Morgan fingerprint density at radius 1 is 1.00 bits per heavy atom. The van der Waals surface area contributed by atoms with E-state index in [9.17, 15) is 14.7 Å². The minimum Gasteiger partial charge on any atom is -0.497 e. The maximum Gasteiger partial charge on any atom is 0.229 e. The molecular formula is C44H54FN5O5. The quantitative estimate of drug-likeness (QED) is 0.110. The second-order valence-electron chi connectivity index (χ2n) is 17.3. The van der Waals surface area contributed by atoms with Gasteiger partial charge in [-0.25, -0.2) is 14.4 Å². The molecule has 7 rings (SSSR count). The Balaban J connectivity index is 1.13. The standard InChI is InChI=1S/C44H54FN5O5/c1-42(2,3)26-31(51)17-11-20-37-47-39-33(45)21-32(54-5)22-35(39)50(37)43(4)23-28(24-43)25-44(53,29-13-8-7-9-14-29)27-38(52)48-41-46-34-18-12-19-36(55-6)40(34)49(41)30-15-10-16-30/h7-9,12-14,18-19,21-22,28,30,53H,10-11,15-17,20,23-27H2,1-6H3,(H,46,48,52). The molecule has 2 fully saturated rings. The van der Waals surface area contributed by atoms with Crippen molar-refractivity contribution >= 4 is 39.7 Å². The number of carbonyl (C=O) groups is 2. The lowest BCUT2D eigenvalue weighted by Crippen LogP contribution is -2.47. The number of rotatable bonds is 15. The Morgan fingerprint density at radius 3 is 2.40 bits per heavy atom. The smallest absolute Gasteiger partial charge is 0.229 e. The molecule has 55 heavy (non-hydrogen) atoms. The minimum atomic E-state index is -1.45. The van der Waals surface area contributed by atoms with Gasteiger partial charge in [-0.3, -0.25) is 14.9 Å². The van der Waals surface area contributed by atoms with Crippen molar-refractivity contribution in [2.75, 3.05) is 19.5 Å². The topological polar surface area (TPSA) is 120 Å². The number of anilines is 1. The highest BCUT2D eigenvalue weighted by Gasteiger charge is 2.48. The summed E-state index contributed by atoms with van der Waals surface area (Å²) >= 11 is 0. The van der Waals surface area contributed by atoms with Crippen molar-refractivity contribution in [3.8, 4) is 11.5 Å². The van der Waals surface area contributed by atoms with E-state index in [1.165, 1.54) is 13.2 Å². The Morgan fingerprint density at radius 2 is 1.75 bits per heavy atom. The van der Waals surface area contributed by atoms with Gasteiger partial charge in [0, 0.05) is 43.0 Å². The largest absolute Gasteiger partial charge is 0.497 e. The predicted octanol–water partition coefficient (Wildman–Crippen LogP) is 9.03. The summed E-state index contributed by atoms with van der Waals surface area (Å²) in [6.45, 7) is 8.32. The number of ketones is 1. The third kappa shape index (κ3) is 7.86. The second-order valence-corrected chi connectivity index (χ2v) is 17.3. The molecule has 2 saturated carbocycles. The number of nitrogens with zero attached hydrogens (tertiary/aromatic N) is 4. The highest BCUT2D eigenvalue weighted by atomic mass is 19.1. The molecule has 0 saturated heterocycles. The van der Waals surface area contributed by atoms with Crippen LogP contribution in [-0.4, -0.2) is 50.1 Å². The summed E-state index contributed by atoms with van der Waals surface area (Å²) < 4.78 is 30.8. The van der Waals surface area contributed by atoms with Crippen LogP contribution in [0.1, 0.15) is 109 Å². The number of fused-ring (bicyclic) bond motifs is 2. The van der Waals surface area contributed by atoms with E-state index in [1.807, 2.05) is 54.6 Å². The number of hydrogen-bond donors (Lipinski definition) is 2. The average Bonchev–Trinajstić information content (AvgIpc) is 3.64. The van der Waals surface area contributed by atoms with Gasteiger partial charge in [0.2, 0.25) is 11.9 Å². The van der Waals surface area contributed by atoms with Gasteiger partial charge in [-0.15, -0.1) is 0 Å². The first kappa shape index (κ1) is 38.5. The molecule has 2 N–H and O–H groups in total. The van der Waals surface area contributed by atoms with Crippen molar-refractivity contribution < 1.29 is 28.6 Å². The SMILES string of the molecule is COc1cc(F)c2nc(CCCC(=O)CC(C)(C)C)n(C3(C)CC(CC(O)(CC(=O)Nc4nc5cccc(OC)c5n4C4CCC4)c4ccccc4)C3)c2c1. The number of aryl methyl sites for hydroxylation is 1. The van der Waals surface area contributed by atoms with Crippen LogP contribution < -0.4 is 14.8 Å². The zero-order chi connectivity index (χ0) is 39.1. The van der Waals surface area contributed by atoms with Gasteiger partial charge >= 0.3 is 0 Å². The summed E-state index contributed by atoms with van der Waals surface area (Å²) in [7, 11) is 3.16. The summed E-state index contributed by atoms with van der Waals surface area (Å²) in [4.78, 5) is 36.3. The molecule has 2 heterocycles. The Labute approximate surface area is 322 Å². The van der Waals surface area contributed by atoms with Crippen molar-refractivity contribution in [2.24, 2.45) is 11.3 Å². The molecule has 3 aromatic carbocycles. The van der Waals surface area contributed by atoms with E-state index in [2.05, 4.69) is 42.1 Å². The van der Waals surface area contributed by atoms with Crippen molar-refractivity contribution in [1.82, 2.24) is 19.1 Å². The lowest BCUT2D eigenvalue weighted by atomic mass is 9.64. The Kier molecular flexibility index (Phi) is 10.5. The number of carbonyl (C=O) groups excluding carboxylic acids is 2. The molecule has 292 valence electrons. The monoisotopic (exact) mass is 751 g/mol. The number of nitrogens with one attached hydrogen (secondary N) is 1. The van der Waals surface area contributed by atoms with Gasteiger partial charge in [0.15, 0.2) is 5.82 Å². The molecule has 2 aliphatic carbocycles. The van der Waals surface area contributed by atoms with E-state index in [0.29, 0.717) is 73.5 Å². The summed E-state index contributed by atoms with van der Waals surface area (Å²) in [5.41, 5.74) is 1.24. The van der Waals surface area contributed by atoms with Crippen LogP contribution in [0.25, 0.3) is 22.1 Å². The maximum atomic E-state index is 15.4. The number of amides is 1. The van der Waals surface area contributed by atoms with Crippen LogP contribution in [0.2, 0.25) is 0 Å². The third-order valence-corrected chi connectivity index (χ3v) is 11.5. The Hall–Kier alpha value is -4.77. The molecule has 1 amide bonds. The first-order valence-electron chi connectivity index (χ1n) is 19.6. The molecule has 11 heteroatoms. The van der Waals surface area contributed by atoms with Crippen LogP contribution in [0, 0.1) is 17.2 Å². The summed E-state index contributed by atoms with van der Waals surface area (Å²) in [5, 5.41) is 15.6. The van der Waals surface area contributed by atoms with Crippen molar-refractivity contribution in [2.45, 2.75) is 116 Å². The first-order chi connectivity index (χ1) is 26.2. The van der Waals surface area contributed by atoms with Gasteiger partial charge in [0.05, 0.1) is 37.3 Å². The van der Waals surface area contributed by atoms with Crippen molar-refractivity contribution in [3.63, 3.8) is 0 Å². The second kappa shape index (κ2) is 15.0. The number of methoxy groups -OCH3 is 2. The van der Waals surface area contributed by atoms with E-state index in [1.54, 1.807) is 7.11 Å². The zero-order valence-electron chi connectivity index (χ0n) is 33.0. The molecule has 1 atom stereocenters. The number of Topliss-reactive ketones (excluding diaryl/α,β-unsaturated/α-hetero) is 1. The van der Waals surface area contributed by atoms with Gasteiger partial charge in [-0.1, -0.05) is 57.2 Å². The molecule has 1 unspecified atom stereocenters. The maximum absolute atomic E-state index is 15.4. The van der Waals surface area contributed by atoms with Gasteiger partial charge < -0.3 is 23.7 Å². The summed E-state index contributed by atoms with van der Waals surface area (Å²) in [6, 6.07) is 18.5. The van der Waals surface area contributed by atoms with E-state index in [-0.39, 0.29) is 41.0 Å². The number of para-hydroxylation sites is 1. The van der Waals surface area contributed by atoms with E-state index < -0.39 is 17.0 Å². The number of aromatic nitrogens is 4. The molecule has 0 spiro atoms. The van der Waals surface area contributed by atoms with Gasteiger partial charge in [-0.2, -0.15) is 0 Å². The van der Waals surface area contributed by atoms with Crippen LogP contribution in [0.5, 0.6) is 11.5 Å². The number of halogens is 1. The first-order valence-corrected chi connectivity index (χ1v) is 19.6. The van der Waals surface area contributed by atoms with Crippen molar-refractivity contribution in [3.05, 3.63) is 77.9 Å². The number of benzene rings is 3. The lowest BCUT2D eigenvalue weighted by Gasteiger charge is -2.49. The average molecular weight is 752 g/mol. The fourth-order valence-corrected chi connectivity index (χ4v) is 9.00. The van der Waals surface area contributed by atoms with E-state index >= 15 is 4.39 Å². The number of ether oxygens (including phenoxy) is 2. The highest BCUT2D eigenvalue weighted by Crippen LogP contribution is 2.51. The highest BCUT2D eigenvalue weighted by molar-refractivity contribution is 5.93. The van der Waals surface area contributed by atoms with Crippen LogP contribution in [-0.2, 0) is 27.1 Å². The molecule has 0 radical (unpaired) electrons. The molecular weight excluding hydrogens is 698 g/mol. The summed E-state index contributed by atoms with van der Waals surface area (Å²) in [6.07, 6.45) is 6.73. The zero-order valence-corrected chi connectivity index (χ0v) is 33.0. The predicted molar refractivity (Wildman–Crippen MR) is 212 cm³/mol. The Bertz CT molecular complexity index is 2190. The molecule has 2 aliphatic rings. The van der Waals surface area contributed by atoms with E-state index in [4.69, 9.17) is 19.4 Å². The van der Waals surface area contributed by atoms with Crippen LogP contribution >= 0.6 is 0 Å². The van der Waals surface area contributed by atoms with Crippen LogP contribution in [0.15, 0.2) is 60.7 Å². The number of imidazole rings is 2. The third-order valence-electron chi connectivity index (χ3n) is 11.5. The molecule has 10 nitrogen and oxygen atoms in total. The molecule has 0 aliphatic heterocycles. The van der Waals surface area contributed by atoms with Crippen molar-refractivity contribution in [1.29, 1.82) is 0 Å². The lowest BCUT2D eigenvalue weighted by molar-refractivity contribution is -0.123. The normalized spacial score (nSPS) is 19.8. The number of aliphatic hydroxyl groups is 1. The molecule has 2 aromatic heterocycles. The van der Waals surface area contributed by atoms with Crippen LogP contribution in [0.4, 0.5) is 10.3 Å². The fraction of sp³-hybridized carbons (Fsp3) is 0.500. The van der Waals surface area contributed by atoms with E-state index in [0.717, 1.165) is 36.1 Å². The fourth-order valence-electron chi connectivity index (χ4n) is 9.00.